The molecule has 0 saturated heterocycles. The van der Waals surface area contributed by atoms with Crippen LogP contribution in [0.15, 0.2) is 24.3 Å². The van der Waals surface area contributed by atoms with Gasteiger partial charge in [0, 0.05) is 18.2 Å². The molecule has 1 rings (SSSR count). The van der Waals surface area contributed by atoms with Gasteiger partial charge in [-0.2, -0.15) is 0 Å². The van der Waals surface area contributed by atoms with Crippen molar-refractivity contribution in [1.29, 1.82) is 0 Å². The number of carbonyl (C=O) groups is 2. The zero-order valence-corrected chi connectivity index (χ0v) is 13.2. The molecule has 2 amide bonds. The number of rotatable bonds is 6. The van der Waals surface area contributed by atoms with Crippen molar-refractivity contribution in [1.82, 2.24) is 5.32 Å². The summed E-state index contributed by atoms with van der Waals surface area (Å²) in [5, 5.41) is 5.65. The lowest BCUT2D eigenvalue weighted by molar-refractivity contribution is -0.125. The maximum atomic E-state index is 11.9. The molecule has 0 saturated carbocycles. The molecule has 0 heterocycles. The first-order valence-electron chi connectivity index (χ1n) is 7.21. The van der Waals surface area contributed by atoms with Crippen LogP contribution in [0.1, 0.15) is 39.7 Å². The third kappa shape index (κ3) is 5.55. The Balaban J connectivity index is 2.65. The highest BCUT2D eigenvalue weighted by Crippen LogP contribution is 2.13. The molecule has 116 valence electrons. The van der Waals surface area contributed by atoms with E-state index in [1.54, 1.807) is 13.8 Å². The molecule has 1 atom stereocenters. The Bertz CT molecular complexity index is 506. The second-order valence-electron chi connectivity index (χ2n) is 5.90. The van der Waals surface area contributed by atoms with E-state index in [-0.39, 0.29) is 17.7 Å². The molecule has 1 aromatic rings. The summed E-state index contributed by atoms with van der Waals surface area (Å²) in [4.78, 5) is 23.6. The fraction of sp³-hybridized carbons (Fsp3) is 0.500. The molecule has 21 heavy (non-hydrogen) atoms. The van der Waals surface area contributed by atoms with E-state index in [0.29, 0.717) is 6.54 Å². The lowest BCUT2D eigenvalue weighted by Gasteiger charge is -2.18. The lowest BCUT2D eigenvalue weighted by Crippen LogP contribution is -2.48. The first-order valence-corrected chi connectivity index (χ1v) is 7.21. The Morgan fingerprint density at radius 1 is 1.33 bits per heavy atom. The van der Waals surface area contributed by atoms with E-state index in [1.165, 1.54) is 0 Å². The number of nitrogens with two attached hydrogens (primary N) is 1. The first-order chi connectivity index (χ1) is 9.74. The molecule has 4 N–H and O–H groups in total. The van der Waals surface area contributed by atoms with Gasteiger partial charge in [-0.05, 0) is 38.0 Å². The number of nitrogens with one attached hydrogen (secondary N) is 2. The third-order valence-electron chi connectivity index (χ3n) is 3.29. The average molecular weight is 291 g/mol. The number of hydrogen-bond acceptors (Lipinski definition) is 3. The highest BCUT2D eigenvalue weighted by atomic mass is 16.2. The van der Waals surface area contributed by atoms with Crippen LogP contribution in [-0.4, -0.2) is 17.4 Å². The molecule has 0 fully saturated rings. The van der Waals surface area contributed by atoms with Crippen LogP contribution in [0, 0.1) is 5.92 Å². The number of anilines is 1. The van der Waals surface area contributed by atoms with E-state index in [0.717, 1.165) is 17.7 Å². The van der Waals surface area contributed by atoms with Crippen molar-refractivity contribution in [2.24, 2.45) is 11.7 Å². The third-order valence-corrected chi connectivity index (χ3v) is 3.29. The predicted molar refractivity (Wildman–Crippen MR) is 84.6 cm³/mol. The van der Waals surface area contributed by atoms with Crippen molar-refractivity contribution in [2.45, 2.75) is 46.2 Å². The summed E-state index contributed by atoms with van der Waals surface area (Å²) < 4.78 is 0. The minimum Gasteiger partial charge on any atom is -0.350 e. The van der Waals surface area contributed by atoms with Crippen LogP contribution in [0.4, 0.5) is 5.69 Å². The zero-order valence-electron chi connectivity index (χ0n) is 13.2. The Morgan fingerprint density at radius 2 is 2.00 bits per heavy atom. The van der Waals surface area contributed by atoms with E-state index >= 15 is 0 Å². The van der Waals surface area contributed by atoms with Crippen molar-refractivity contribution >= 4 is 17.5 Å². The number of benzene rings is 1. The van der Waals surface area contributed by atoms with Crippen molar-refractivity contribution in [3.8, 4) is 0 Å². The van der Waals surface area contributed by atoms with Crippen LogP contribution in [-0.2, 0) is 16.1 Å². The van der Waals surface area contributed by atoms with Gasteiger partial charge in [0.1, 0.15) is 0 Å². The van der Waals surface area contributed by atoms with Crippen molar-refractivity contribution in [3.63, 3.8) is 0 Å². The molecule has 0 aliphatic heterocycles. The largest absolute Gasteiger partial charge is 0.350 e. The Labute approximate surface area is 126 Å². The SMILES string of the molecule is CCC(C)C(=O)Nc1cccc(CNC(=O)C(C)(C)N)c1. The van der Waals surface area contributed by atoms with Gasteiger partial charge < -0.3 is 16.4 Å². The molecule has 0 aromatic heterocycles. The molecule has 0 aliphatic carbocycles. The molecule has 0 radical (unpaired) electrons. The smallest absolute Gasteiger partial charge is 0.239 e. The molecular formula is C16H25N3O2. The quantitative estimate of drug-likeness (QED) is 0.749. The standard InChI is InChI=1S/C16H25N3O2/c1-5-11(2)14(20)19-13-8-6-7-12(9-13)10-18-15(21)16(3,4)17/h6-9,11H,5,10,17H2,1-4H3,(H,18,21)(H,19,20). The Kier molecular flexibility index (Phi) is 5.90. The summed E-state index contributed by atoms with van der Waals surface area (Å²) in [5.74, 6) is -0.232. The molecule has 1 unspecified atom stereocenters. The van der Waals surface area contributed by atoms with E-state index < -0.39 is 5.54 Å². The van der Waals surface area contributed by atoms with Crippen molar-refractivity contribution < 1.29 is 9.59 Å². The first kappa shape index (κ1) is 17.2. The van der Waals surface area contributed by atoms with Gasteiger partial charge in [0.25, 0.3) is 0 Å². The van der Waals surface area contributed by atoms with Crippen LogP contribution in [0.5, 0.6) is 0 Å². The Morgan fingerprint density at radius 3 is 2.57 bits per heavy atom. The van der Waals surface area contributed by atoms with Gasteiger partial charge in [0.15, 0.2) is 0 Å². The Hall–Kier alpha value is -1.88. The van der Waals surface area contributed by atoms with Gasteiger partial charge in [-0.1, -0.05) is 26.0 Å². The molecule has 0 spiro atoms. The summed E-state index contributed by atoms with van der Waals surface area (Å²) >= 11 is 0. The van der Waals surface area contributed by atoms with E-state index in [2.05, 4.69) is 10.6 Å². The maximum Gasteiger partial charge on any atom is 0.239 e. The van der Waals surface area contributed by atoms with Crippen LogP contribution in [0.2, 0.25) is 0 Å². The average Bonchev–Trinajstić information content (AvgIpc) is 2.43. The summed E-state index contributed by atoms with van der Waals surface area (Å²) in [6.45, 7) is 7.57. The zero-order chi connectivity index (χ0) is 16.0. The topological polar surface area (TPSA) is 84.2 Å². The minimum atomic E-state index is -0.900. The van der Waals surface area contributed by atoms with Gasteiger partial charge >= 0.3 is 0 Å². The van der Waals surface area contributed by atoms with Gasteiger partial charge in [0.05, 0.1) is 5.54 Å². The van der Waals surface area contributed by atoms with E-state index in [1.807, 2.05) is 38.1 Å². The van der Waals surface area contributed by atoms with Crippen LogP contribution < -0.4 is 16.4 Å². The fourth-order valence-corrected chi connectivity index (χ4v) is 1.62. The lowest BCUT2D eigenvalue weighted by atomic mass is 10.1. The van der Waals surface area contributed by atoms with Crippen LogP contribution >= 0.6 is 0 Å². The monoisotopic (exact) mass is 291 g/mol. The highest BCUT2D eigenvalue weighted by molar-refractivity contribution is 5.92. The normalized spacial score (nSPS) is 12.6. The highest BCUT2D eigenvalue weighted by Gasteiger charge is 2.21. The summed E-state index contributed by atoms with van der Waals surface area (Å²) in [6, 6.07) is 7.42. The predicted octanol–water partition coefficient (Wildman–Crippen LogP) is 2.02. The fourth-order valence-electron chi connectivity index (χ4n) is 1.62. The maximum absolute atomic E-state index is 11.9. The number of carbonyl (C=O) groups excluding carboxylic acids is 2. The molecule has 5 heteroatoms. The minimum absolute atomic E-state index is 0.00165. The van der Waals surface area contributed by atoms with Crippen molar-refractivity contribution in [3.05, 3.63) is 29.8 Å². The number of amides is 2. The van der Waals surface area contributed by atoms with Gasteiger partial charge in [-0.3, -0.25) is 9.59 Å². The second kappa shape index (κ2) is 7.22. The number of hydrogen-bond donors (Lipinski definition) is 3. The summed E-state index contributed by atoms with van der Waals surface area (Å²) in [7, 11) is 0. The molecule has 1 aromatic carbocycles. The molecule has 0 aliphatic rings. The second-order valence-corrected chi connectivity index (χ2v) is 5.90. The van der Waals surface area contributed by atoms with Crippen LogP contribution in [0.3, 0.4) is 0 Å². The van der Waals surface area contributed by atoms with Gasteiger partial charge in [0.2, 0.25) is 11.8 Å². The van der Waals surface area contributed by atoms with Crippen LogP contribution in [0.25, 0.3) is 0 Å². The molecule has 0 bridgehead atoms. The molecular weight excluding hydrogens is 266 g/mol. The van der Waals surface area contributed by atoms with Gasteiger partial charge in [-0.25, -0.2) is 0 Å². The molecule has 5 nitrogen and oxygen atoms in total. The summed E-state index contributed by atoms with van der Waals surface area (Å²) in [5.41, 5.74) is 6.46. The van der Waals surface area contributed by atoms with Crippen molar-refractivity contribution in [2.75, 3.05) is 5.32 Å². The van der Waals surface area contributed by atoms with E-state index in [9.17, 15) is 9.59 Å². The summed E-state index contributed by atoms with van der Waals surface area (Å²) in [6.07, 6.45) is 0.799. The van der Waals surface area contributed by atoms with Gasteiger partial charge in [-0.15, -0.1) is 0 Å². The van der Waals surface area contributed by atoms with E-state index in [4.69, 9.17) is 5.73 Å².